The molecule has 1 aromatic carbocycles. The molecule has 0 bridgehead atoms. The van der Waals surface area contributed by atoms with Crippen molar-refractivity contribution in [3.05, 3.63) is 78.4 Å². The van der Waals surface area contributed by atoms with Crippen molar-refractivity contribution in [1.82, 2.24) is 24.8 Å². The Morgan fingerprint density at radius 2 is 2.03 bits per heavy atom. The minimum atomic E-state index is -0.0480. The Hall–Kier alpha value is -2.81. The molecule has 0 spiro atoms. The third kappa shape index (κ3) is 3.48. The molecule has 3 atom stereocenters. The lowest BCUT2D eigenvalue weighted by Gasteiger charge is -2.30. The van der Waals surface area contributed by atoms with E-state index in [4.69, 9.17) is 21.9 Å². The number of rotatable bonds is 5. The zero-order chi connectivity index (χ0) is 21.5. The van der Waals surface area contributed by atoms with Crippen molar-refractivity contribution in [3.8, 4) is 5.13 Å². The van der Waals surface area contributed by atoms with Crippen LogP contribution in [0.25, 0.3) is 15.3 Å². The van der Waals surface area contributed by atoms with E-state index in [0.717, 1.165) is 53.1 Å². The Balaban J connectivity index is 1.44. The van der Waals surface area contributed by atoms with Crippen molar-refractivity contribution in [2.24, 2.45) is 0 Å². The van der Waals surface area contributed by atoms with Gasteiger partial charge in [-0.2, -0.15) is 0 Å². The molecule has 4 aromatic rings. The number of para-hydroxylation sites is 1. The normalized spacial score (nSPS) is 23.2. The molecule has 2 saturated heterocycles. The fourth-order valence-corrected chi connectivity index (χ4v) is 5.99. The Bertz CT molecular complexity index is 1210. The fourth-order valence-electron chi connectivity index (χ4n) is 4.70. The van der Waals surface area contributed by atoms with Gasteiger partial charge >= 0.3 is 0 Å². The van der Waals surface area contributed by atoms with Crippen LogP contribution in [0.5, 0.6) is 0 Å². The average molecular weight is 462 g/mol. The van der Waals surface area contributed by atoms with Crippen LogP contribution in [0.2, 0.25) is 0 Å². The predicted molar refractivity (Wildman–Crippen MR) is 130 cm³/mol. The van der Waals surface area contributed by atoms with Gasteiger partial charge in [0.15, 0.2) is 10.2 Å². The van der Waals surface area contributed by atoms with Gasteiger partial charge in [0.1, 0.15) is 0 Å². The first kappa shape index (κ1) is 19.8. The van der Waals surface area contributed by atoms with E-state index in [0.29, 0.717) is 0 Å². The topological polar surface area (TPSA) is 55.2 Å². The van der Waals surface area contributed by atoms with Crippen LogP contribution in [-0.4, -0.2) is 43.8 Å². The van der Waals surface area contributed by atoms with Gasteiger partial charge in [-0.3, -0.25) is 9.55 Å². The molecule has 1 N–H and O–H groups in total. The molecule has 2 aliphatic heterocycles. The first-order valence-electron chi connectivity index (χ1n) is 10.9. The van der Waals surface area contributed by atoms with Gasteiger partial charge in [-0.1, -0.05) is 29.5 Å². The summed E-state index contributed by atoms with van der Waals surface area (Å²) >= 11 is 7.52. The van der Waals surface area contributed by atoms with Crippen LogP contribution in [0.3, 0.4) is 0 Å². The molecular weight excluding hydrogens is 438 g/mol. The molecule has 2 aliphatic rings. The minimum Gasteiger partial charge on any atom is -0.376 e. The molecule has 0 unspecified atom stereocenters. The molecule has 0 radical (unpaired) electrons. The second-order valence-corrected chi connectivity index (χ2v) is 9.58. The van der Waals surface area contributed by atoms with Crippen LogP contribution in [0, 0.1) is 0 Å². The highest BCUT2D eigenvalue weighted by Crippen LogP contribution is 2.40. The summed E-state index contributed by atoms with van der Waals surface area (Å²) in [5.41, 5.74) is 3.14. The first-order valence-corrected chi connectivity index (χ1v) is 12.1. The summed E-state index contributed by atoms with van der Waals surface area (Å²) in [5.74, 6) is 0. The third-order valence-corrected chi connectivity index (χ3v) is 7.58. The Labute approximate surface area is 195 Å². The molecule has 8 heteroatoms. The van der Waals surface area contributed by atoms with Crippen molar-refractivity contribution in [3.63, 3.8) is 0 Å². The summed E-state index contributed by atoms with van der Waals surface area (Å²) in [7, 11) is 0. The molecule has 32 heavy (non-hydrogen) atoms. The molecule has 0 aliphatic carbocycles. The van der Waals surface area contributed by atoms with Crippen LogP contribution in [-0.2, 0) is 4.74 Å². The predicted octanol–water partition coefficient (Wildman–Crippen LogP) is 4.63. The number of nitrogens with zero attached hydrogens (tertiary/aromatic N) is 4. The van der Waals surface area contributed by atoms with Crippen LogP contribution in [0.15, 0.2) is 67.0 Å². The molecule has 6 nitrogen and oxygen atoms in total. The number of hydrogen-bond acceptors (Lipinski definition) is 5. The summed E-state index contributed by atoms with van der Waals surface area (Å²) in [6, 6.07) is 18.5. The molecule has 5 heterocycles. The highest BCUT2D eigenvalue weighted by Gasteiger charge is 2.42. The first-order chi connectivity index (χ1) is 15.8. The van der Waals surface area contributed by atoms with Crippen molar-refractivity contribution in [2.45, 2.75) is 31.0 Å². The summed E-state index contributed by atoms with van der Waals surface area (Å²) in [4.78, 5) is 11.8. The summed E-state index contributed by atoms with van der Waals surface area (Å²) in [6.07, 6.45) is 6.31. The lowest BCUT2D eigenvalue weighted by molar-refractivity contribution is 0.0836. The lowest BCUT2D eigenvalue weighted by Crippen LogP contribution is -2.36. The molecule has 162 valence electrons. The maximum absolute atomic E-state index is 5.96. The molecule has 0 saturated carbocycles. The van der Waals surface area contributed by atoms with E-state index in [2.05, 4.69) is 62.4 Å². The van der Waals surface area contributed by atoms with Gasteiger partial charge in [-0.05, 0) is 61.5 Å². The number of nitrogens with one attached hydrogen (secondary N) is 1. The highest BCUT2D eigenvalue weighted by atomic mass is 32.1. The summed E-state index contributed by atoms with van der Waals surface area (Å²) in [5, 5.41) is 5.25. The standard InChI is InChI=1S/C24H23N5OS2/c31-23-27-21(18-9-3-4-12-25-18)22(29(23)15-16-7-6-14-30-16)19-10-5-13-28(19)24-26-17-8-1-2-11-20(17)32-24/h1-5,8-13,16,21-22H,6-7,14-15H2,(H,27,31)/t16-,21+,22+/m0/s1. The molecule has 6 rings (SSSR count). The van der Waals surface area contributed by atoms with Crippen molar-refractivity contribution >= 4 is 38.9 Å². The number of ether oxygens (including phenoxy) is 1. The second kappa shape index (κ2) is 8.27. The number of thiazole rings is 1. The smallest absolute Gasteiger partial charge is 0.194 e. The maximum Gasteiger partial charge on any atom is 0.194 e. The Morgan fingerprint density at radius 1 is 1.12 bits per heavy atom. The van der Waals surface area contributed by atoms with E-state index < -0.39 is 0 Å². The van der Waals surface area contributed by atoms with Crippen LogP contribution < -0.4 is 5.32 Å². The number of pyridine rings is 1. The molecule has 2 fully saturated rings. The number of benzene rings is 1. The zero-order valence-electron chi connectivity index (χ0n) is 17.4. The SMILES string of the molecule is S=C1N[C@H](c2ccccn2)[C@@H](c2cccn2-c2nc3ccccc3s2)N1C[C@@H]1CCCO1. The van der Waals surface area contributed by atoms with Crippen LogP contribution in [0.4, 0.5) is 0 Å². The van der Waals surface area contributed by atoms with Gasteiger partial charge in [0.25, 0.3) is 0 Å². The number of fused-ring (bicyclic) bond motifs is 1. The summed E-state index contributed by atoms with van der Waals surface area (Å²) < 4.78 is 9.34. The summed E-state index contributed by atoms with van der Waals surface area (Å²) in [6.45, 7) is 1.60. The third-order valence-electron chi connectivity index (χ3n) is 6.19. The van der Waals surface area contributed by atoms with Gasteiger partial charge in [-0.25, -0.2) is 4.98 Å². The average Bonchev–Trinajstić information content (AvgIpc) is 3.61. The number of aromatic nitrogens is 3. The lowest BCUT2D eigenvalue weighted by atomic mass is 10.0. The van der Waals surface area contributed by atoms with E-state index in [1.54, 1.807) is 11.3 Å². The van der Waals surface area contributed by atoms with Crippen molar-refractivity contribution < 1.29 is 4.74 Å². The largest absolute Gasteiger partial charge is 0.376 e. The van der Waals surface area contributed by atoms with Crippen molar-refractivity contribution in [1.29, 1.82) is 0 Å². The monoisotopic (exact) mass is 461 g/mol. The van der Waals surface area contributed by atoms with Gasteiger partial charge in [-0.15, -0.1) is 0 Å². The maximum atomic E-state index is 5.96. The minimum absolute atomic E-state index is 0.0105. The van der Waals surface area contributed by atoms with E-state index in [9.17, 15) is 0 Å². The number of thiocarbonyl (C=S) groups is 1. The molecule has 3 aromatic heterocycles. The Morgan fingerprint density at radius 3 is 2.84 bits per heavy atom. The van der Waals surface area contributed by atoms with E-state index >= 15 is 0 Å². The van der Waals surface area contributed by atoms with Crippen LogP contribution in [0.1, 0.15) is 36.3 Å². The Kier molecular flexibility index (Phi) is 5.13. The molecule has 0 amide bonds. The van der Waals surface area contributed by atoms with Gasteiger partial charge in [0.05, 0.1) is 39.8 Å². The van der Waals surface area contributed by atoms with Gasteiger partial charge in [0.2, 0.25) is 0 Å². The quantitative estimate of drug-likeness (QED) is 0.437. The molecular formula is C24H23N5OS2. The zero-order valence-corrected chi connectivity index (χ0v) is 19.1. The fraction of sp³-hybridized carbons (Fsp3) is 0.292. The van der Waals surface area contributed by atoms with Gasteiger partial charge < -0.3 is 15.0 Å². The van der Waals surface area contributed by atoms with Gasteiger partial charge in [0, 0.05) is 25.5 Å². The van der Waals surface area contributed by atoms with E-state index in [1.807, 2.05) is 24.4 Å². The highest BCUT2D eigenvalue weighted by molar-refractivity contribution is 7.80. The van der Waals surface area contributed by atoms with E-state index in [1.165, 1.54) is 4.70 Å². The van der Waals surface area contributed by atoms with E-state index in [-0.39, 0.29) is 18.2 Å². The van der Waals surface area contributed by atoms with Crippen molar-refractivity contribution in [2.75, 3.05) is 13.2 Å². The number of hydrogen-bond donors (Lipinski definition) is 1. The second-order valence-electron chi connectivity index (χ2n) is 8.18. The van der Waals surface area contributed by atoms with Crippen LogP contribution >= 0.6 is 23.6 Å².